The Balaban J connectivity index is 2.12. The number of nitrogens with zero attached hydrogens (tertiary/aromatic N) is 1. The van der Waals surface area contributed by atoms with Gasteiger partial charge in [0, 0.05) is 18.7 Å². The van der Waals surface area contributed by atoms with E-state index in [0.717, 1.165) is 23.1 Å². The molecule has 2 aromatic carbocycles. The molecule has 0 aliphatic rings. The van der Waals surface area contributed by atoms with Gasteiger partial charge in [-0.3, -0.25) is 9.59 Å². The molecule has 27 heavy (non-hydrogen) atoms. The summed E-state index contributed by atoms with van der Waals surface area (Å²) in [6, 6.07) is 8.56. The van der Waals surface area contributed by atoms with Crippen LogP contribution in [-0.4, -0.2) is 30.9 Å². The van der Waals surface area contributed by atoms with Crippen LogP contribution in [0.3, 0.4) is 0 Å². The molecule has 0 bridgehead atoms. The molecule has 0 spiro atoms. The third-order valence-electron chi connectivity index (χ3n) is 3.51. The fraction of sp³-hybridized carbons (Fsp3) is 0.167. The van der Waals surface area contributed by atoms with Crippen molar-refractivity contribution in [1.29, 1.82) is 0 Å². The molecule has 0 aliphatic heterocycles. The van der Waals surface area contributed by atoms with E-state index in [1.165, 1.54) is 24.3 Å². The van der Waals surface area contributed by atoms with Gasteiger partial charge in [-0.2, -0.15) is 0 Å². The van der Waals surface area contributed by atoms with Gasteiger partial charge < -0.3 is 15.4 Å². The summed E-state index contributed by atoms with van der Waals surface area (Å²) in [6.45, 7) is -0.836. The lowest BCUT2D eigenvalue weighted by atomic mass is 10.2. The Bertz CT molecular complexity index is 839. The molecule has 0 saturated carbocycles. The number of anilines is 1. The first-order valence-corrected chi connectivity index (χ1v) is 8.12. The number of amides is 2. The fourth-order valence-electron chi connectivity index (χ4n) is 2.21. The maximum Gasteiger partial charge on any atom is 0.343 e. The summed E-state index contributed by atoms with van der Waals surface area (Å²) in [7, 11) is 0. The van der Waals surface area contributed by atoms with Crippen LogP contribution in [0.1, 0.15) is 16.8 Å². The lowest BCUT2D eigenvalue weighted by Gasteiger charge is -2.22. The van der Waals surface area contributed by atoms with Gasteiger partial charge in [0.2, 0.25) is 5.91 Å². The van der Waals surface area contributed by atoms with Gasteiger partial charge in [-0.15, -0.1) is 0 Å². The number of carbonyl (C=O) groups excluding carboxylic acids is 3. The molecular weight excluding hydrogens is 382 g/mol. The highest BCUT2D eigenvalue weighted by Gasteiger charge is 2.22. The van der Waals surface area contributed by atoms with Crippen LogP contribution in [0.15, 0.2) is 42.5 Å². The molecule has 142 valence electrons. The Kier molecular flexibility index (Phi) is 6.84. The first-order chi connectivity index (χ1) is 12.8. The van der Waals surface area contributed by atoms with E-state index in [2.05, 4.69) is 0 Å². The van der Waals surface area contributed by atoms with Gasteiger partial charge >= 0.3 is 5.97 Å². The number of ether oxygens (including phenoxy) is 1. The SMILES string of the molecule is NC(=O)CCN(C(=O)COC(=O)c1c(F)cccc1Cl)c1ccc(F)cc1. The van der Waals surface area contributed by atoms with Crippen molar-refractivity contribution in [3.05, 3.63) is 64.7 Å². The second kappa shape index (κ2) is 9.09. The number of rotatable bonds is 7. The Hall–Kier alpha value is -3.00. The standard InChI is InChI=1S/C18H15ClF2N2O4/c19-13-2-1-3-14(21)17(13)18(26)27-10-16(25)23(9-8-15(22)24)12-6-4-11(20)5-7-12/h1-7H,8-10H2,(H2,22,24). The van der Waals surface area contributed by atoms with E-state index < -0.39 is 41.6 Å². The average Bonchev–Trinajstić information content (AvgIpc) is 2.61. The predicted octanol–water partition coefficient (Wildman–Crippen LogP) is 2.68. The average molecular weight is 397 g/mol. The number of benzene rings is 2. The van der Waals surface area contributed by atoms with E-state index in [1.807, 2.05) is 0 Å². The lowest BCUT2D eigenvalue weighted by molar-refractivity contribution is -0.121. The highest BCUT2D eigenvalue weighted by atomic mass is 35.5. The Morgan fingerprint density at radius 3 is 2.33 bits per heavy atom. The molecule has 2 N–H and O–H groups in total. The second-order valence-corrected chi connectivity index (χ2v) is 5.82. The molecule has 0 saturated heterocycles. The first kappa shape index (κ1) is 20.3. The van der Waals surface area contributed by atoms with Crippen LogP contribution in [0.2, 0.25) is 5.02 Å². The molecule has 0 unspecified atom stereocenters. The quantitative estimate of drug-likeness (QED) is 0.728. The molecule has 0 atom stereocenters. The highest BCUT2D eigenvalue weighted by molar-refractivity contribution is 6.33. The van der Waals surface area contributed by atoms with E-state index in [4.69, 9.17) is 22.1 Å². The number of hydrogen-bond acceptors (Lipinski definition) is 4. The van der Waals surface area contributed by atoms with Crippen molar-refractivity contribution < 1.29 is 27.9 Å². The zero-order valence-electron chi connectivity index (χ0n) is 14.0. The summed E-state index contributed by atoms with van der Waals surface area (Å²) in [5, 5.41) is -0.156. The number of hydrogen-bond donors (Lipinski definition) is 1. The topological polar surface area (TPSA) is 89.7 Å². The van der Waals surface area contributed by atoms with Crippen molar-refractivity contribution in [2.75, 3.05) is 18.1 Å². The molecule has 6 nitrogen and oxygen atoms in total. The summed E-state index contributed by atoms with van der Waals surface area (Å²) in [5.74, 6) is -3.86. The molecule has 2 amide bonds. The van der Waals surface area contributed by atoms with Crippen molar-refractivity contribution in [1.82, 2.24) is 0 Å². The number of carbonyl (C=O) groups is 3. The maximum atomic E-state index is 13.7. The molecular formula is C18H15ClF2N2O4. The van der Waals surface area contributed by atoms with Gasteiger partial charge in [0.05, 0.1) is 5.02 Å². The van der Waals surface area contributed by atoms with Crippen molar-refractivity contribution in [2.45, 2.75) is 6.42 Å². The van der Waals surface area contributed by atoms with E-state index in [1.54, 1.807) is 0 Å². The lowest BCUT2D eigenvalue weighted by Crippen LogP contribution is -2.37. The van der Waals surface area contributed by atoms with Gasteiger partial charge in [0.25, 0.3) is 5.91 Å². The summed E-state index contributed by atoms with van der Waals surface area (Å²) >= 11 is 5.77. The molecule has 2 rings (SSSR count). The summed E-state index contributed by atoms with van der Waals surface area (Å²) in [4.78, 5) is 36.6. The molecule has 2 aromatic rings. The molecule has 0 heterocycles. The van der Waals surface area contributed by atoms with Crippen LogP contribution < -0.4 is 10.6 Å². The third kappa shape index (κ3) is 5.49. The summed E-state index contributed by atoms with van der Waals surface area (Å²) in [5.41, 5.74) is 4.89. The number of halogens is 3. The van der Waals surface area contributed by atoms with Gasteiger partial charge in [0.1, 0.15) is 17.2 Å². The van der Waals surface area contributed by atoms with Crippen molar-refractivity contribution in [3.63, 3.8) is 0 Å². The van der Waals surface area contributed by atoms with Gasteiger partial charge in [0.15, 0.2) is 6.61 Å². The van der Waals surface area contributed by atoms with E-state index in [9.17, 15) is 23.2 Å². The monoisotopic (exact) mass is 396 g/mol. The molecule has 0 fully saturated rings. The normalized spacial score (nSPS) is 10.3. The number of esters is 1. The minimum Gasteiger partial charge on any atom is -0.452 e. The van der Waals surface area contributed by atoms with Gasteiger partial charge in [-0.25, -0.2) is 13.6 Å². The van der Waals surface area contributed by atoms with Crippen LogP contribution >= 0.6 is 11.6 Å². The minimum absolute atomic E-state index is 0.0994. The van der Waals surface area contributed by atoms with E-state index in [-0.39, 0.29) is 23.7 Å². The zero-order valence-corrected chi connectivity index (χ0v) is 14.7. The number of primary amides is 1. The van der Waals surface area contributed by atoms with E-state index >= 15 is 0 Å². The number of nitrogens with two attached hydrogens (primary N) is 1. The maximum absolute atomic E-state index is 13.7. The Labute approximate surface area is 158 Å². The summed E-state index contributed by atoms with van der Waals surface area (Å²) in [6.07, 6.45) is -0.157. The van der Waals surface area contributed by atoms with Crippen molar-refractivity contribution >= 4 is 35.1 Å². The van der Waals surface area contributed by atoms with Crippen molar-refractivity contribution in [3.8, 4) is 0 Å². The fourth-order valence-corrected chi connectivity index (χ4v) is 2.45. The predicted molar refractivity (Wildman–Crippen MR) is 94.3 cm³/mol. The Morgan fingerprint density at radius 2 is 1.74 bits per heavy atom. The van der Waals surface area contributed by atoms with Crippen LogP contribution in [0, 0.1) is 11.6 Å². The zero-order chi connectivity index (χ0) is 20.0. The molecule has 9 heteroatoms. The summed E-state index contributed by atoms with van der Waals surface area (Å²) < 4.78 is 31.7. The van der Waals surface area contributed by atoms with Crippen molar-refractivity contribution in [2.24, 2.45) is 5.73 Å². The Morgan fingerprint density at radius 1 is 1.07 bits per heavy atom. The minimum atomic E-state index is -1.11. The van der Waals surface area contributed by atoms with Crippen LogP contribution in [0.25, 0.3) is 0 Å². The molecule has 0 aromatic heterocycles. The molecule has 0 radical (unpaired) electrons. The van der Waals surface area contributed by atoms with Crippen LogP contribution in [0.5, 0.6) is 0 Å². The van der Waals surface area contributed by atoms with Crippen LogP contribution in [-0.2, 0) is 14.3 Å². The van der Waals surface area contributed by atoms with Gasteiger partial charge in [-0.05, 0) is 36.4 Å². The second-order valence-electron chi connectivity index (χ2n) is 5.41. The molecule has 0 aliphatic carbocycles. The van der Waals surface area contributed by atoms with Crippen LogP contribution in [0.4, 0.5) is 14.5 Å². The highest BCUT2D eigenvalue weighted by Crippen LogP contribution is 2.20. The third-order valence-corrected chi connectivity index (χ3v) is 3.83. The largest absolute Gasteiger partial charge is 0.452 e. The smallest absolute Gasteiger partial charge is 0.343 e. The van der Waals surface area contributed by atoms with Gasteiger partial charge in [-0.1, -0.05) is 17.7 Å². The first-order valence-electron chi connectivity index (χ1n) is 7.75. The van der Waals surface area contributed by atoms with E-state index in [0.29, 0.717) is 0 Å².